The maximum absolute atomic E-state index is 11.9. The summed E-state index contributed by atoms with van der Waals surface area (Å²) in [6.45, 7) is 2.03. The monoisotopic (exact) mass is 318 g/mol. The molecular formula is C19H18N4O. The van der Waals surface area contributed by atoms with Crippen molar-refractivity contribution in [3.05, 3.63) is 64.8 Å². The van der Waals surface area contributed by atoms with E-state index >= 15 is 0 Å². The van der Waals surface area contributed by atoms with E-state index in [2.05, 4.69) is 5.10 Å². The lowest BCUT2D eigenvalue weighted by molar-refractivity contribution is 0.0994. The molecule has 0 saturated carbocycles. The quantitative estimate of drug-likeness (QED) is 0.712. The summed E-state index contributed by atoms with van der Waals surface area (Å²) < 4.78 is 1.81. The van der Waals surface area contributed by atoms with E-state index in [9.17, 15) is 4.79 Å². The van der Waals surface area contributed by atoms with Gasteiger partial charge in [-0.25, -0.2) is 4.68 Å². The van der Waals surface area contributed by atoms with Crippen LogP contribution in [0.4, 0.5) is 5.69 Å². The molecule has 24 heavy (non-hydrogen) atoms. The van der Waals surface area contributed by atoms with Gasteiger partial charge < -0.3 is 11.5 Å². The highest BCUT2D eigenvalue weighted by Crippen LogP contribution is 2.37. The summed E-state index contributed by atoms with van der Waals surface area (Å²) in [6.07, 6.45) is 1.60. The Kier molecular flexibility index (Phi) is 3.16. The largest absolute Gasteiger partial charge is 0.399 e. The van der Waals surface area contributed by atoms with Gasteiger partial charge in [0.2, 0.25) is 0 Å². The lowest BCUT2D eigenvalue weighted by atomic mass is 9.88. The van der Waals surface area contributed by atoms with Gasteiger partial charge in [0.1, 0.15) is 0 Å². The highest BCUT2D eigenvalue weighted by Gasteiger charge is 2.28. The van der Waals surface area contributed by atoms with Crippen molar-refractivity contribution in [3.8, 4) is 16.9 Å². The molecule has 0 unspecified atom stereocenters. The number of rotatable bonds is 2. The number of amides is 1. The maximum atomic E-state index is 11.9. The van der Waals surface area contributed by atoms with Crippen molar-refractivity contribution in [2.45, 2.75) is 19.8 Å². The summed E-state index contributed by atoms with van der Waals surface area (Å²) >= 11 is 0. The number of aryl methyl sites for hydroxylation is 2. The summed E-state index contributed by atoms with van der Waals surface area (Å²) in [6, 6.07) is 13.9. The minimum absolute atomic E-state index is 0.346. The van der Waals surface area contributed by atoms with E-state index in [1.807, 2.05) is 54.1 Å². The maximum Gasteiger partial charge on any atom is 0.269 e. The van der Waals surface area contributed by atoms with Gasteiger partial charge in [0.25, 0.3) is 5.91 Å². The van der Waals surface area contributed by atoms with E-state index < -0.39 is 5.91 Å². The molecule has 0 aliphatic heterocycles. The van der Waals surface area contributed by atoms with Crippen molar-refractivity contribution in [2.75, 3.05) is 5.73 Å². The van der Waals surface area contributed by atoms with Crippen molar-refractivity contribution in [3.63, 3.8) is 0 Å². The van der Waals surface area contributed by atoms with Crippen LogP contribution in [0.3, 0.4) is 0 Å². The van der Waals surface area contributed by atoms with Crippen LogP contribution in [0.5, 0.6) is 0 Å². The van der Waals surface area contributed by atoms with Crippen LogP contribution in [0.25, 0.3) is 16.9 Å². The number of nitrogen functional groups attached to an aromatic ring is 1. The first-order valence-corrected chi connectivity index (χ1v) is 7.92. The fraction of sp³-hybridized carbons (Fsp3) is 0.158. The van der Waals surface area contributed by atoms with Gasteiger partial charge in [-0.1, -0.05) is 23.8 Å². The Morgan fingerprint density at radius 2 is 1.88 bits per heavy atom. The number of nitrogens with two attached hydrogens (primary N) is 2. The Hall–Kier alpha value is -3.08. The van der Waals surface area contributed by atoms with E-state index in [1.165, 1.54) is 11.1 Å². The molecule has 1 heterocycles. The van der Waals surface area contributed by atoms with Crippen molar-refractivity contribution in [2.24, 2.45) is 5.73 Å². The highest BCUT2D eigenvalue weighted by molar-refractivity contribution is 5.95. The van der Waals surface area contributed by atoms with Gasteiger partial charge in [-0.2, -0.15) is 5.10 Å². The SMILES string of the molecule is Cc1ccc(-n2nc(C(N)=O)c3c2-c2cc(N)ccc2CC3)cc1. The summed E-state index contributed by atoms with van der Waals surface area (Å²) in [7, 11) is 0. The Bertz CT molecular complexity index is 954. The van der Waals surface area contributed by atoms with Crippen LogP contribution in [0, 0.1) is 6.92 Å². The molecule has 1 aliphatic carbocycles. The fourth-order valence-electron chi connectivity index (χ4n) is 3.33. The molecule has 0 radical (unpaired) electrons. The van der Waals surface area contributed by atoms with Crippen molar-refractivity contribution < 1.29 is 4.79 Å². The number of hydrogen-bond donors (Lipinski definition) is 2. The van der Waals surface area contributed by atoms with Crippen LogP contribution in [-0.2, 0) is 12.8 Å². The zero-order valence-electron chi connectivity index (χ0n) is 13.4. The van der Waals surface area contributed by atoms with Crippen LogP contribution in [0.15, 0.2) is 42.5 Å². The Morgan fingerprint density at radius 3 is 2.58 bits per heavy atom. The number of carbonyl (C=O) groups excluding carboxylic acids is 1. The lowest BCUT2D eigenvalue weighted by Crippen LogP contribution is -2.15. The first kappa shape index (κ1) is 14.5. The summed E-state index contributed by atoms with van der Waals surface area (Å²) in [4.78, 5) is 11.9. The normalized spacial score (nSPS) is 12.5. The molecule has 5 heteroatoms. The van der Waals surface area contributed by atoms with Gasteiger partial charge >= 0.3 is 0 Å². The molecule has 1 aliphatic rings. The molecule has 1 amide bonds. The number of hydrogen-bond acceptors (Lipinski definition) is 3. The number of aromatic nitrogens is 2. The lowest BCUT2D eigenvalue weighted by Gasteiger charge is -2.19. The topological polar surface area (TPSA) is 86.9 Å². The van der Waals surface area contributed by atoms with E-state index in [0.717, 1.165) is 35.3 Å². The molecule has 1 aromatic heterocycles. The smallest absolute Gasteiger partial charge is 0.269 e. The molecule has 3 aromatic rings. The first-order chi connectivity index (χ1) is 11.5. The van der Waals surface area contributed by atoms with Gasteiger partial charge in [0, 0.05) is 16.8 Å². The van der Waals surface area contributed by atoms with E-state index in [0.29, 0.717) is 11.4 Å². The van der Waals surface area contributed by atoms with Gasteiger partial charge in [0.15, 0.2) is 5.69 Å². The van der Waals surface area contributed by atoms with E-state index in [4.69, 9.17) is 11.5 Å². The van der Waals surface area contributed by atoms with Crippen molar-refractivity contribution in [1.29, 1.82) is 0 Å². The van der Waals surface area contributed by atoms with E-state index in [-0.39, 0.29) is 0 Å². The molecule has 120 valence electrons. The summed E-state index contributed by atoms with van der Waals surface area (Å²) in [5.74, 6) is -0.496. The second-order valence-electron chi connectivity index (χ2n) is 6.20. The molecule has 5 nitrogen and oxygen atoms in total. The second-order valence-corrected chi connectivity index (χ2v) is 6.20. The number of nitrogens with zero attached hydrogens (tertiary/aromatic N) is 2. The van der Waals surface area contributed by atoms with Crippen molar-refractivity contribution in [1.82, 2.24) is 9.78 Å². The van der Waals surface area contributed by atoms with Gasteiger partial charge in [-0.05, 0) is 49.6 Å². The molecule has 4 rings (SSSR count). The van der Waals surface area contributed by atoms with Crippen LogP contribution in [0.1, 0.15) is 27.2 Å². The van der Waals surface area contributed by atoms with Crippen LogP contribution in [-0.4, -0.2) is 15.7 Å². The zero-order valence-corrected chi connectivity index (χ0v) is 13.4. The Morgan fingerprint density at radius 1 is 1.12 bits per heavy atom. The third-order valence-electron chi connectivity index (χ3n) is 4.53. The molecule has 0 atom stereocenters. The number of benzene rings is 2. The number of anilines is 1. The molecule has 0 saturated heterocycles. The third kappa shape index (κ3) is 2.17. The molecule has 0 spiro atoms. The number of fused-ring (bicyclic) bond motifs is 3. The Balaban J connectivity index is 2.02. The van der Waals surface area contributed by atoms with Gasteiger partial charge in [0.05, 0.1) is 11.4 Å². The van der Waals surface area contributed by atoms with Crippen LogP contribution < -0.4 is 11.5 Å². The molecular weight excluding hydrogens is 300 g/mol. The average molecular weight is 318 g/mol. The fourth-order valence-corrected chi connectivity index (χ4v) is 3.33. The molecule has 0 bridgehead atoms. The molecule has 2 aromatic carbocycles. The average Bonchev–Trinajstić information content (AvgIpc) is 2.96. The Labute approximate surface area is 139 Å². The molecule has 0 fully saturated rings. The predicted octanol–water partition coefficient (Wildman–Crippen LogP) is 2.63. The third-order valence-corrected chi connectivity index (χ3v) is 4.53. The predicted molar refractivity (Wildman–Crippen MR) is 94.1 cm³/mol. The summed E-state index contributed by atoms with van der Waals surface area (Å²) in [5.41, 5.74) is 18.7. The van der Waals surface area contributed by atoms with Crippen LogP contribution in [0.2, 0.25) is 0 Å². The molecule has 4 N–H and O–H groups in total. The van der Waals surface area contributed by atoms with Gasteiger partial charge in [-0.3, -0.25) is 4.79 Å². The zero-order chi connectivity index (χ0) is 16.8. The van der Waals surface area contributed by atoms with Gasteiger partial charge in [-0.15, -0.1) is 0 Å². The summed E-state index contributed by atoms with van der Waals surface area (Å²) in [5, 5.41) is 4.52. The number of primary amides is 1. The highest BCUT2D eigenvalue weighted by atomic mass is 16.1. The van der Waals surface area contributed by atoms with Crippen molar-refractivity contribution >= 4 is 11.6 Å². The second kappa shape index (κ2) is 5.23. The van der Waals surface area contributed by atoms with E-state index in [1.54, 1.807) is 0 Å². The van der Waals surface area contributed by atoms with Crippen LogP contribution >= 0.6 is 0 Å². The standard InChI is InChI=1S/C19H18N4O/c1-11-2-7-14(8-3-11)23-18-15(17(22-23)19(21)24)9-5-12-4-6-13(20)10-16(12)18/h2-4,6-8,10H,5,9,20H2,1H3,(H2,21,24). The first-order valence-electron chi connectivity index (χ1n) is 7.92. The minimum atomic E-state index is -0.496. The minimum Gasteiger partial charge on any atom is -0.399 e. The number of carbonyl (C=O) groups is 1.